The van der Waals surface area contributed by atoms with Gasteiger partial charge >= 0.3 is 0 Å². The summed E-state index contributed by atoms with van der Waals surface area (Å²) in [7, 11) is 3.62. The number of rotatable bonds is 4. The summed E-state index contributed by atoms with van der Waals surface area (Å²) in [5.41, 5.74) is 7.06. The molecular weight excluding hydrogens is 269 g/mol. The Kier molecular flexibility index (Phi) is 5.19. The minimum atomic E-state index is -0.356. The third-order valence-electron chi connectivity index (χ3n) is 4.49. The molecule has 4 nitrogen and oxygen atoms in total. The third kappa shape index (κ3) is 3.73. The molecule has 2 N–H and O–H groups in total. The lowest BCUT2D eigenvalue weighted by molar-refractivity contribution is 0.0566. The van der Waals surface area contributed by atoms with Crippen LogP contribution in [0.15, 0.2) is 18.2 Å². The molecule has 0 amide bonds. The van der Waals surface area contributed by atoms with Crippen molar-refractivity contribution in [3.8, 4) is 5.75 Å². The first-order valence-corrected chi connectivity index (χ1v) is 7.45. The van der Waals surface area contributed by atoms with E-state index in [0.717, 1.165) is 25.2 Å². The predicted octanol–water partition coefficient (Wildman–Crippen LogP) is 1.86. The zero-order valence-corrected chi connectivity index (χ0v) is 13.3. The number of methoxy groups -OCH3 is 1. The maximum atomic E-state index is 13.8. The van der Waals surface area contributed by atoms with Gasteiger partial charge in [0.2, 0.25) is 0 Å². The van der Waals surface area contributed by atoms with Crippen molar-refractivity contribution in [2.24, 2.45) is 5.73 Å². The van der Waals surface area contributed by atoms with Crippen LogP contribution in [0, 0.1) is 5.82 Å². The van der Waals surface area contributed by atoms with Crippen LogP contribution in [0.4, 0.5) is 4.39 Å². The molecule has 5 heteroatoms. The van der Waals surface area contributed by atoms with Gasteiger partial charge < -0.3 is 10.5 Å². The summed E-state index contributed by atoms with van der Waals surface area (Å²) in [6, 6.07) is 5.79. The van der Waals surface area contributed by atoms with E-state index in [1.54, 1.807) is 6.07 Å². The van der Waals surface area contributed by atoms with Crippen LogP contribution in [0.5, 0.6) is 5.75 Å². The molecule has 2 rings (SSSR count). The highest BCUT2D eigenvalue weighted by molar-refractivity contribution is 5.31. The van der Waals surface area contributed by atoms with Crippen molar-refractivity contribution in [2.75, 3.05) is 33.8 Å². The van der Waals surface area contributed by atoms with Crippen LogP contribution >= 0.6 is 0 Å². The molecule has 0 aromatic heterocycles. The summed E-state index contributed by atoms with van der Waals surface area (Å²) < 4.78 is 18.7. The standard InChI is InChI=1S/C16H26FN3O/c1-11-8-20(9-12(2)19(11)3)10-15(18)13-5-6-16(21-4)14(17)7-13/h5-7,11-12,15H,8-10,18H2,1-4H3. The molecule has 3 atom stereocenters. The molecule has 0 aliphatic carbocycles. The molecule has 1 aromatic rings. The van der Waals surface area contributed by atoms with Crippen molar-refractivity contribution in [1.29, 1.82) is 0 Å². The van der Waals surface area contributed by atoms with Gasteiger partial charge in [-0.3, -0.25) is 9.80 Å². The second-order valence-corrected chi connectivity index (χ2v) is 6.08. The van der Waals surface area contributed by atoms with Crippen LogP contribution in [0.3, 0.4) is 0 Å². The van der Waals surface area contributed by atoms with Gasteiger partial charge in [-0.2, -0.15) is 0 Å². The van der Waals surface area contributed by atoms with Crippen LogP contribution in [0.25, 0.3) is 0 Å². The fourth-order valence-corrected chi connectivity index (χ4v) is 2.96. The Balaban J connectivity index is 2.01. The number of hydrogen-bond acceptors (Lipinski definition) is 4. The first kappa shape index (κ1) is 16.2. The average Bonchev–Trinajstić information content (AvgIpc) is 2.44. The Morgan fingerprint density at radius 3 is 2.48 bits per heavy atom. The average molecular weight is 295 g/mol. The number of halogens is 1. The Morgan fingerprint density at radius 2 is 1.95 bits per heavy atom. The molecule has 1 aliphatic heterocycles. The molecule has 1 aromatic carbocycles. The lowest BCUT2D eigenvalue weighted by atomic mass is 10.0. The van der Waals surface area contributed by atoms with Crippen LogP contribution in [0.2, 0.25) is 0 Å². The van der Waals surface area contributed by atoms with Crippen molar-refractivity contribution in [1.82, 2.24) is 9.80 Å². The van der Waals surface area contributed by atoms with E-state index in [1.807, 2.05) is 6.07 Å². The van der Waals surface area contributed by atoms with Gasteiger partial charge in [-0.15, -0.1) is 0 Å². The molecule has 0 saturated carbocycles. The van der Waals surface area contributed by atoms with Crippen LogP contribution in [-0.2, 0) is 0 Å². The molecule has 0 bridgehead atoms. The monoisotopic (exact) mass is 295 g/mol. The van der Waals surface area contributed by atoms with Crippen LogP contribution < -0.4 is 10.5 Å². The number of nitrogens with zero attached hydrogens (tertiary/aromatic N) is 2. The molecule has 0 radical (unpaired) electrons. The Labute approximate surface area is 126 Å². The third-order valence-corrected chi connectivity index (χ3v) is 4.49. The molecule has 0 spiro atoms. The molecule has 21 heavy (non-hydrogen) atoms. The molecular formula is C16H26FN3O. The summed E-state index contributed by atoms with van der Waals surface area (Å²) in [6.45, 7) is 7.18. The van der Waals surface area contributed by atoms with E-state index >= 15 is 0 Å². The highest BCUT2D eigenvalue weighted by Crippen LogP contribution is 2.22. The van der Waals surface area contributed by atoms with Gasteiger partial charge in [-0.1, -0.05) is 6.07 Å². The molecule has 1 heterocycles. The van der Waals surface area contributed by atoms with Gasteiger partial charge in [0, 0.05) is 37.8 Å². The second kappa shape index (κ2) is 6.73. The number of ether oxygens (including phenoxy) is 1. The first-order chi connectivity index (χ1) is 9.92. The highest BCUT2D eigenvalue weighted by atomic mass is 19.1. The van der Waals surface area contributed by atoms with Crippen molar-refractivity contribution < 1.29 is 9.13 Å². The minimum Gasteiger partial charge on any atom is -0.494 e. The van der Waals surface area contributed by atoms with Gasteiger partial charge in [-0.05, 0) is 38.6 Å². The number of piperazine rings is 1. The van der Waals surface area contributed by atoms with Gasteiger partial charge in [-0.25, -0.2) is 4.39 Å². The quantitative estimate of drug-likeness (QED) is 0.920. The van der Waals surface area contributed by atoms with Crippen molar-refractivity contribution in [3.05, 3.63) is 29.6 Å². The molecule has 118 valence electrons. The normalized spacial score (nSPS) is 25.8. The lowest BCUT2D eigenvalue weighted by Gasteiger charge is -2.43. The summed E-state index contributed by atoms with van der Waals surface area (Å²) in [5.74, 6) is -0.0987. The van der Waals surface area contributed by atoms with Crippen molar-refractivity contribution in [3.63, 3.8) is 0 Å². The second-order valence-electron chi connectivity index (χ2n) is 6.08. The highest BCUT2D eigenvalue weighted by Gasteiger charge is 2.27. The molecule has 1 saturated heterocycles. The molecule has 1 aliphatic rings. The largest absolute Gasteiger partial charge is 0.494 e. The Hall–Kier alpha value is -1.17. The van der Waals surface area contributed by atoms with Crippen LogP contribution in [-0.4, -0.2) is 55.7 Å². The minimum absolute atomic E-state index is 0.187. The first-order valence-electron chi connectivity index (χ1n) is 7.45. The van der Waals surface area contributed by atoms with Crippen LogP contribution in [0.1, 0.15) is 25.5 Å². The number of nitrogens with two attached hydrogens (primary N) is 1. The lowest BCUT2D eigenvalue weighted by Crippen LogP contribution is -2.55. The zero-order valence-electron chi connectivity index (χ0n) is 13.3. The molecule has 1 fully saturated rings. The van der Waals surface area contributed by atoms with E-state index in [-0.39, 0.29) is 17.6 Å². The number of likely N-dealkylation sites (N-methyl/N-ethyl adjacent to an activating group) is 1. The van der Waals surface area contributed by atoms with Crippen molar-refractivity contribution >= 4 is 0 Å². The molecule has 3 unspecified atom stereocenters. The van der Waals surface area contributed by atoms with Gasteiger partial charge in [0.05, 0.1) is 7.11 Å². The van der Waals surface area contributed by atoms with Gasteiger partial charge in [0.25, 0.3) is 0 Å². The van der Waals surface area contributed by atoms with E-state index in [9.17, 15) is 4.39 Å². The van der Waals surface area contributed by atoms with E-state index in [1.165, 1.54) is 13.2 Å². The Morgan fingerprint density at radius 1 is 1.33 bits per heavy atom. The number of hydrogen-bond donors (Lipinski definition) is 1. The summed E-state index contributed by atoms with van der Waals surface area (Å²) in [5, 5.41) is 0. The van der Waals surface area contributed by atoms with E-state index in [4.69, 9.17) is 10.5 Å². The maximum absolute atomic E-state index is 13.8. The van der Waals surface area contributed by atoms with Crippen molar-refractivity contribution in [2.45, 2.75) is 32.0 Å². The van der Waals surface area contributed by atoms with E-state index < -0.39 is 0 Å². The fourth-order valence-electron chi connectivity index (χ4n) is 2.96. The predicted molar refractivity (Wildman–Crippen MR) is 83.0 cm³/mol. The fraction of sp³-hybridized carbons (Fsp3) is 0.625. The Bertz CT molecular complexity index is 471. The number of benzene rings is 1. The zero-order chi connectivity index (χ0) is 15.6. The van der Waals surface area contributed by atoms with E-state index in [0.29, 0.717) is 12.1 Å². The summed E-state index contributed by atoms with van der Waals surface area (Å²) in [4.78, 5) is 4.75. The SMILES string of the molecule is COc1ccc(C(N)CN2CC(C)N(C)C(C)C2)cc1F. The maximum Gasteiger partial charge on any atom is 0.165 e. The van der Waals surface area contributed by atoms with E-state index in [2.05, 4.69) is 30.7 Å². The summed E-state index contributed by atoms with van der Waals surface area (Å²) >= 11 is 0. The smallest absolute Gasteiger partial charge is 0.165 e. The summed E-state index contributed by atoms with van der Waals surface area (Å²) in [6.07, 6.45) is 0. The van der Waals surface area contributed by atoms with Gasteiger partial charge in [0.1, 0.15) is 0 Å². The van der Waals surface area contributed by atoms with Gasteiger partial charge in [0.15, 0.2) is 11.6 Å². The topological polar surface area (TPSA) is 41.7 Å².